The first-order valence-electron chi connectivity index (χ1n) is 10.3. The second kappa shape index (κ2) is 9.67. The normalized spacial score (nSPS) is 18.0. The summed E-state index contributed by atoms with van der Waals surface area (Å²) in [7, 11) is 0. The average molecular weight is 393 g/mol. The van der Waals surface area contributed by atoms with Gasteiger partial charge in [0.2, 0.25) is 0 Å². The van der Waals surface area contributed by atoms with Gasteiger partial charge >= 0.3 is 5.97 Å². The number of carbonyl (C=O) groups is 1. The van der Waals surface area contributed by atoms with Gasteiger partial charge in [-0.25, -0.2) is 4.98 Å². The van der Waals surface area contributed by atoms with E-state index in [2.05, 4.69) is 24.1 Å². The highest BCUT2D eigenvalue weighted by Gasteiger charge is 2.45. The van der Waals surface area contributed by atoms with Crippen LogP contribution in [0, 0.1) is 11.3 Å². The highest BCUT2D eigenvalue weighted by molar-refractivity contribution is 7.99. The maximum Gasteiger partial charge on any atom is 0.306 e. The Kier molecular flexibility index (Phi) is 7.27. The molecule has 1 unspecified atom stereocenters. The summed E-state index contributed by atoms with van der Waals surface area (Å²) in [5, 5.41) is 3.43. The molecule has 1 spiro atoms. The summed E-state index contributed by atoms with van der Waals surface area (Å²) in [5.41, 5.74) is 0.306. The lowest BCUT2D eigenvalue weighted by molar-refractivity contribution is -0.144. The van der Waals surface area contributed by atoms with E-state index in [4.69, 9.17) is 9.47 Å². The Labute approximate surface area is 167 Å². The molecular weight excluding hydrogens is 360 g/mol. The van der Waals surface area contributed by atoms with Crippen molar-refractivity contribution in [2.75, 3.05) is 30.8 Å². The first-order chi connectivity index (χ1) is 13.2. The van der Waals surface area contributed by atoms with Gasteiger partial charge in [0, 0.05) is 23.9 Å². The van der Waals surface area contributed by atoms with Gasteiger partial charge in [0.05, 0.1) is 24.5 Å². The molecule has 1 aromatic heterocycles. The second-order valence-corrected chi connectivity index (χ2v) is 8.96. The van der Waals surface area contributed by atoms with Crippen molar-refractivity contribution in [2.45, 2.75) is 63.7 Å². The molecule has 6 heteroatoms. The van der Waals surface area contributed by atoms with Crippen molar-refractivity contribution in [3.8, 4) is 5.75 Å². The van der Waals surface area contributed by atoms with Crippen molar-refractivity contribution < 1.29 is 14.3 Å². The summed E-state index contributed by atoms with van der Waals surface area (Å²) < 4.78 is 11.6. The third-order valence-corrected chi connectivity index (χ3v) is 6.61. The van der Waals surface area contributed by atoms with Crippen LogP contribution in [-0.2, 0) is 9.53 Å². The predicted octanol–water partition coefficient (Wildman–Crippen LogP) is 4.91. The number of hydrogen-bond acceptors (Lipinski definition) is 6. The maximum atomic E-state index is 12.1. The predicted molar refractivity (Wildman–Crippen MR) is 109 cm³/mol. The molecule has 150 valence electrons. The van der Waals surface area contributed by atoms with Gasteiger partial charge in [0.25, 0.3) is 0 Å². The fraction of sp³-hybridized carbons (Fsp3) is 0.714. The molecule has 0 saturated heterocycles. The van der Waals surface area contributed by atoms with Gasteiger partial charge in [0.1, 0.15) is 0 Å². The molecule has 0 amide bonds. The number of esters is 1. The van der Waals surface area contributed by atoms with E-state index in [1.165, 1.54) is 25.7 Å². The lowest BCUT2D eigenvalue weighted by Gasteiger charge is -2.15. The van der Waals surface area contributed by atoms with Crippen LogP contribution in [-0.4, -0.2) is 36.5 Å². The molecule has 0 aromatic carbocycles. The summed E-state index contributed by atoms with van der Waals surface area (Å²) >= 11 is 1.64. The quantitative estimate of drug-likeness (QED) is 0.451. The van der Waals surface area contributed by atoms with Gasteiger partial charge in [0.15, 0.2) is 11.6 Å². The SMILES string of the molecule is CCCCC(CC)COC(=O)CCSc1ccnc2c1OCC1(CC1)CN2. The molecule has 1 fully saturated rings. The van der Waals surface area contributed by atoms with Crippen LogP contribution in [0.4, 0.5) is 5.82 Å². The molecule has 1 N–H and O–H groups in total. The minimum atomic E-state index is -0.103. The summed E-state index contributed by atoms with van der Waals surface area (Å²) in [6.07, 6.45) is 9.27. The minimum Gasteiger partial charge on any atom is -0.488 e. The molecule has 1 aliphatic carbocycles. The van der Waals surface area contributed by atoms with Gasteiger partial charge in [-0.15, -0.1) is 11.8 Å². The molecular formula is C21H32N2O3S. The number of ether oxygens (including phenoxy) is 2. The summed E-state index contributed by atoms with van der Waals surface area (Å²) in [5.74, 6) is 2.74. The largest absolute Gasteiger partial charge is 0.488 e. The first-order valence-corrected chi connectivity index (χ1v) is 11.3. The number of unbranched alkanes of at least 4 members (excludes halogenated alkanes) is 1. The van der Waals surface area contributed by atoms with Crippen LogP contribution in [0.25, 0.3) is 0 Å². The summed E-state index contributed by atoms with van der Waals surface area (Å²) in [4.78, 5) is 17.5. The number of carbonyl (C=O) groups excluding carboxylic acids is 1. The van der Waals surface area contributed by atoms with Crippen molar-refractivity contribution in [1.82, 2.24) is 4.98 Å². The van der Waals surface area contributed by atoms with Crippen LogP contribution < -0.4 is 10.1 Å². The van der Waals surface area contributed by atoms with Crippen LogP contribution in [0.15, 0.2) is 17.2 Å². The molecule has 1 aromatic rings. The van der Waals surface area contributed by atoms with Gasteiger partial charge < -0.3 is 14.8 Å². The molecule has 2 heterocycles. The van der Waals surface area contributed by atoms with E-state index in [1.54, 1.807) is 18.0 Å². The van der Waals surface area contributed by atoms with Crippen LogP contribution in [0.3, 0.4) is 0 Å². The Hall–Kier alpha value is -1.43. The van der Waals surface area contributed by atoms with E-state index < -0.39 is 0 Å². The zero-order valence-electron chi connectivity index (χ0n) is 16.6. The highest BCUT2D eigenvalue weighted by Crippen LogP contribution is 2.49. The molecule has 27 heavy (non-hydrogen) atoms. The van der Waals surface area contributed by atoms with E-state index in [0.29, 0.717) is 30.1 Å². The topological polar surface area (TPSA) is 60.5 Å². The molecule has 1 atom stereocenters. The lowest BCUT2D eigenvalue weighted by Crippen LogP contribution is -2.18. The van der Waals surface area contributed by atoms with Gasteiger partial charge in [-0.3, -0.25) is 4.79 Å². The van der Waals surface area contributed by atoms with Crippen molar-refractivity contribution >= 4 is 23.5 Å². The Morgan fingerprint density at radius 2 is 2.30 bits per heavy atom. The Balaban J connectivity index is 1.43. The van der Waals surface area contributed by atoms with Crippen molar-refractivity contribution in [3.63, 3.8) is 0 Å². The van der Waals surface area contributed by atoms with Crippen LogP contribution in [0.2, 0.25) is 0 Å². The number of nitrogens with one attached hydrogen (secondary N) is 1. The van der Waals surface area contributed by atoms with Crippen LogP contribution >= 0.6 is 11.8 Å². The zero-order valence-corrected chi connectivity index (χ0v) is 17.4. The first kappa shape index (κ1) is 20.3. The number of anilines is 1. The van der Waals surface area contributed by atoms with Crippen LogP contribution in [0.1, 0.15) is 58.8 Å². The van der Waals surface area contributed by atoms with E-state index in [-0.39, 0.29) is 5.97 Å². The molecule has 1 saturated carbocycles. The minimum absolute atomic E-state index is 0.103. The Morgan fingerprint density at radius 3 is 3.04 bits per heavy atom. The Morgan fingerprint density at radius 1 is 1.44 bits per heavy atom. The molecule has 2 aliphatic rings. The standard InChI is InChI=1S/C21H32N2O3S/c1-3-5-6-16(4-2)13-25-18(24)8-12-27-17-7-11-22-20-19(17)26-15-21(9-10-21)14-23-20/h7,11,16H,3-6,8-10,12-15H2,1-2H3,(H,22,23). The third kappa shape index (κ3) is 5.77. The van der Waals surface area contributed by atoms with E-state index in [0.717, 1.165) is 42.5 Å². The van der Waals surface area contributed by atoms with Crippen molar-refractivity contribution in [1.29, 1.82) is 0 Å². The van der Waals surface area contributed by atoms with Gasteiger partial charge in [-0.05, 0) is 31.2 Å². The fourth-order valence-corrected chi connectivity index (χ4v) is 4.21. The smallest absolute Gasteiger partial charge is 0.306 e. The summed E-state index contributed by atoms with van der Waals surface area (Å²) in [6.45, 7) is 6.60. The van der Waals surface area contributed by atoms with Gasteiger partial charge in [-0.2, -0.15) is 0 Å². The summed E-state index contributed by atoms with van der Waals surface area (Å²) in [6, 6.07) is 1.97. The molecule has 0 radical (unpaired) electrons. The van der Waals surface area contributed by atoms with Crippen molar-refractivity contribution in [3.05, 3.63) is 12.3 Å². The monoisotopic (exact) mass is 392 g/mol. The average Bonchev–Trinajstić information content (AvgIpc) is 3.48. The van der Waals surface area contributed by atoms with Gasteiger partial charge in [-0.1, -0.05) is 33.1 Å². The van der Waals surface area contributed by atoms with E-state index in [1.807, 2.05) is 6.07 Å². The number of fused-ring (bicyclic) bond motifs is 1. The molecule has 5 nitrogen and oxygen atoms in total. The fourth-order valence-electron chi connectivity index (χ4n) is 3.28. The number of pyridine rings is 1. The lowest BCUT2D eigenvalue weighted by atomic mass is 10.0. The number of nitrogens with zero attached hydrogens (tertiary/aromatic N) is 1. The van der Waals surface area contributed by atoms with Crippen LogP contribution in [0.5, 0.6) is 5.75 Å². The maximum absolute atomic E-state index is 12.1. The number of thioether (sulfide) groups is 1. The van der Waals surface area contributed by atoms with E-state index in [9.17, 15) is 4.79 Å². The third-order valence-electron chi connectivity index (χ3n) is 5.57. The van der Waals surface area contributed by atoms with Crippen molar-refractivity contribution in [2.24, 2.45) is 11.3 Å². The van der Waals surface area contributed by atoms with E-state index >= 15 is 0 Å². The highest BCUT2D eigenvalue weighted by atomic mass is 32.2. The Bertz CT molecular complexity index is 634. The second-order valence-electron chi connectivity index (χ2n) is 7.83. The molecule has 1 aliphatic heterocycles. The number of rotatable bonds is 10. The number of aromatic nitrogens is 1. The molecule has 0 bridgehead atoms. The number of hydrogen-bond donors (Lipinski definition) is 1. The zero-order chi connectivity index (χ0) is 19.1. The molecule has 3 rings (SSSR count).